The first-order valence-corrected chi connectivity index (χ1v) is 6.71. The lowest BCUT2D eigenvalue weighted by atomic mass is 10.0. The molecule has 3 heteroatoms. The summed E-state index contributed by atoms with van der Waals surface area (Å²) in [7, 11) is 0. The van der Waals surface area contributed by atoms with Crippen molar-refractivity contribution in [2.45, 2.75) is 25.9 Å². The Hall–Kier alpha value is -2.16. The van der Waals surface area contributed by atoms with E-state index in [0.29, 0.717) is 11.7 Å². The number of aryl methyl sites for hydroxylation is 1. The Kier molecular flexibility index (Phi) is 3.26. The van der Waals surface area contributed by atoms with Gasteiger partial charge < -0.3 is 4.74 Å². The molecule has 2 nitrogen and oxygen atoms in total. The molecule has 0 aliphatic heterocycles. The van der Waals surface area contributed by atoms with Crippen molar-refractivity contribution in [1.82, 2.24) is 0 Å². The maximum atomic E-state index is 13.7. The molecular weight excluding hydrogens is 255 g/mol. The van der Waals surface area contributed by atoms with Gasteiger partial charge in [0.2, 0.25) is 0 Å². The van der Waals surface area contributed by atoms with E-state index in [2.05, 4.69) is 0 Å². The molecule has 2 aromatic rings. The van der Waals surface area contributed by atoms with Gasteiger partial charge in [0.05, 0.1) is 11.7 Å². The topological polar surface area (TPSA) is 26.3 Å². The van der Waals surface area contributed by atoms with E-state index >= 15 is 0 Å². The second-order valence-corrected chi connectivity index (χ2v) is 5.15. The van der Waals surface area contributed by atoms with E-state index in [9.17, 15) is 9.18 Å². The van der Waals surface area contributed by atoms with Crippen LogP contribution < -0.4 is 4.74 Å². The molecule has 0 spiro atoms. The summed E-state index contributed by atoms with van der Waals surface area (Å²) in [5.74, 6) is -0.0307. The van der Waals surface area contributed by atoms with Crippen LogP contribution in [0.2, 0.25) is 0 Å². The van der Waals surface area contributed by atoms with Gasteiger partial charge in [-0.2, -0.15) is 0 Å². The van der Waals surface area contributed by atoms with Crippen LogP contribution in [0, 0.1) is 12.7 Å². The van der Waals surface area contributed by atoms with Crippen LogP contribution in [-0.2, 0) is 0 Å². The number of carbonyl (C=O) groups excluding carboxylic acids is 1. The molecule has 1 saturated carbocycles. The lowest BCUT2D eigenvalue weighted by molar-refractivity contribution is 0.103. The van der Waals surface area contributed by atoms with Crippen LogP contribution in [-0.4, -0.2) is 11.9 Å². The Morgan fingerprint density at radius 1 is 1.15 bits per heavy atom. The highest BCUT2D eigenvalue weighted by Gasteiger charge is 2.23. The third-order valence-corrected chi connectivity index (χ3v) is 3.31. The molecule has 1 aliphatic carbocycles. The number of hydrogen-bond donors (Lipinski definition) is 0. The number of hydrogen-bond acceptors (Lipinski definition) is 2. The Morgan fingerprint density at radius 2 is 1.85 bits per heavy atom. The second kappa shape index (κ2) is 5.08. The van der Waals surface area contributed by atoms with Gasteiger partial charge in [0.1, 0.15) is 11.6 Å². The van der Waals surface area contributed by atoms with Crippen LogP contribution >= 0.6 is 0 Å². The number of ether oxygens (including phenoxy) is 1. The zero-order chi connectivity index (χ0) is 14.1. The molecule has 1 aliphatic rings. The Balaban J connectivity index is 1.83. The standard InChI is InChI=1S/C17H15FO2/c1-11-2-9-16(18)15(10-11)17(19)12-3-5-13(6-4-12)20-14-7-8-14/h2-6,9-10,14H,7-8H2,1H3. The molecule has 0 heterocycles. The highest BCUT2D eigenvalue weighted by Crippen LogP contribution is 2.27. The summed E-state index contributed by atoms with van der Waals surface area (Å²) in [6.45, 7) is 1.84. The molecule has 0 radical (unpaired) electrons. The van der Waals surface area contributed by atoms with Gasteiger partial charge in [-0.1, -0.05) is 11.6 Å². The average Bonchev–Trinajstić information content (AvgIpc) is 3.26. The average molecular weight is 270 g/mol. The zero-order valence-electron chi connectivity index (χ0n) is 11.2. The van der Waals surface area contributed by atoms with Crippen LogP contribution in [0.1, 0.15) is 34.3 Å². The van der Waals surface area contributed by atoms with Crippen LogP contribution in [0.5, 0.6) is 5.75 Å². The number of rotatable bonds is 4. The van der Waals surface area contributed by atoms with Crippen LogP contribution in [0.4, 0.5) is 4.39 Å². The maximum absolute atomic E-state index is 13.7. The largest absolute Gasteiger partial charge is 0.490 e. The van der Waals surface area contributed by atoms with Crippen LogP contribution in [0.15, 0.2) is 42.5 Å². The van der Waals surface area contributed by atoms with Crippen molar-refractivity contribution < 1.29 is 13.9 Å². The van der Waals surface area contributed by atoms with E-state index in [1.165, 1.54) is 6.07 Å². The summed E-state index contributed by atoms with van der Waals surface area (Å²) < 4.78 is 19.3. The lowest BCUT2D eigenvalue weighted by Crippen LogP contribution is -2.05. The van der Waals surface area contributed by atoms with E-state index in [1.807, 2.05) is 6.92 Å². The number of benzene rings is 2. The molecule has 20 heavy (non-hydrogen) atoms. The molecule has 2 aromatic carbocycles. The number of carbonyl (C=O) groups is 1. The van der Waals surface area contributed by atoms with E-state index < -0.39 is 5.82 Å². The molecule has 1 fully saturated rings. The first-order chi connectivity index (χ1) is 9.63. The van der Waals surface area contributed by atoms with Gasteiger partial charge in [0.15, 0.2) is 5.78 Å². The maximum Gasteiger partial charge on any atom is 0.195 e. The van der Waals surface area contributed by atoms with Crippen molar-refractivity contribution in [3.63, 3.8) is 0 Å². The van der Waals surface area contributed by atoms with Crippen LogP contribution in [0.3, 0.4) is 0 Å². The van der Waals surface area contributed by atoms with Gasteiger partial charge in [-0.15, -0.1) is 0 Å². The first kappa shape index (κ1) is 12.9. The molecule has 3 rings (SSSR count). The summed E-state index contributed by atoms with van der Waals surface area (Å²) in [4.78, 5) is 12.3. The SMILES string of the molecule is Cc1ccc(F)c(C(=O)c2ccc(OC3CC3)cc2)c1. The molecule has 0 unspecified atom stereocenters. The lowest BCUT2D eigenvalue weighted by Gasteiger charge is -2.07. The highest BCUT2D eigenvalue weighted by molar-refractivity contribution is 6.09. The minimum atomic E-state index is -0.487. The van der Waals surface area contributed by atoms with Gasteiger partial charge in [-0.25, -0.2) is 4.39 Å². The van der Waals surface area contributed by atoms with Crippen molar-refractivity contribution in [2.75, 3.05) is 0 Å². The predicted octanol–water partition coefficient (Wildman–Crippen LogP) is 3.91. The van der Waals surface area contributed by atoms with Gasteiger partial charge in [0.25, 0.3) is 0 Å². The van der Waals surface area contributed by atoms with E-state index in [0.717, 1.165) is 24.2 Å². The summed E-state index contributed by atoms with van der Waals surface area (Å²) in [5.41, 5.74) is 1.45. The summed E-state index contributed by atoms with van der Waals surface area (Å²) >= 11 is 0. The van der Waals surface area contributed by atoms with Crippen molar-refractivity contribution in [2.24, 2.45) is 0 Å². The quantitative estimate of drug-likeness (QED) is 0.787. The summed E-state index contributed by atoms with van der Waals surface area (Å²) in [6.07, 6.45) is 2.51. The van der Waals surface area contributed by atoms with Gasteiger partial charge in [-0.3, -0.25) is 4.79 Å². The van der Waals surface area contributed by atoms with Gasteiger partial charge in [0, 0.05) is 5.56 Å². The number of ketones is 1. The van der Waals surface area contributed by atoms with Crippen molar-refractivity contribution in [1.29, 1.82) is 0 Å². The molecule has 0 N–H and O–H groups in total. The fourth-order valence-corrected chi connectivity index (χ4v) is 2.03. The second-order valence-electron chi connectivity index (χ2n) is 5.15. The third kappa shape index (κ3) is 2.72. The van der Waals surface area contributed by atoms with Crippen molar-refractivity contribution >= 4 is 5.78 Å². The molecule has 0 aromatic heterocycles. The normalized spacial score (nSPS) is 14.1. The molecule has 0 amide bonds. The third-order valence-electron chi connectivity index (χ3n) is 3.31. The smallest absolute Gasteiger partial charge is 0.195 e. The molecule has 0 bridgehead atoms. The summed E-state index contributed by atoms with van der Waals surface area (Å²) in [5, 5.41) is 0. The Labute approximate surface area is 117 Å². The number of halogens is 1. The van der Waals surface area contributed by atoms with Crippen molar-refractivity contribution in [3.8, 4) is 5.75 Å². The minimum Gasteiger partial charge on any atom is -0.490 e. The van der Waals surface area contributed by atoms with Crippen LogP contribution in [0.25, 0.3) is 0 Å². The molecule has 0 saturated heterocycles. The van der Waals surface area contributed by atoms with E-state index in [1.54, 1.807) is 36.4 Å². The fraction of sp³-hybridized carbons (Fsp3) is 0.235. The highest BCUT2D eigenvalue weighted by atomic mass is 19.1. The molecular formula is C17H15FO2. The van der Waals surface area contributed by atoms with E-state index in [-0.39, 0.29) is 11.3 Å². The van der Waals surface area contributed by atoms with Crippen molar-refractivity contribution in [3.05, 3.63) is 65.0 Å². The minimum absolute atomic E-state index is 0.112. The first-order valence-electron chi connectivity index (χ1n) is 6.71. The van der Waals surface area contributed by atoms with E-state index in [4.69, 9.17) is 4.74 Å². The zero-order valence-corrected chi connectivity index (χ0v) is 11.2. The Bertz CT molecular complexity index is 643. The monoisotopic (exact) mass is 270 g/mol. The predicted molar refractivity (Wildman–Crippen MR) is 74.7 cm³/mol. The Morgan fingerprint density at radius 3 is 2.50 bits per heavy atom. The molecule has 102 valence electrons. The van der Waals surface area contributed by atoms with Gasteiger partial charge >= 0.3 is 0 Å². The molecule has 0 atom stereocenters. The summed E-state index contributed by atoms with van der Waals surface area (Å²) in [6, 6.07) is 11.4. The fourth-order valence-electron chi connectivity index (χ4n) is 2.03. The van der Waals surface area contributed by atoms with Gasteiger partial charge in [-0.05, 0) is 56.2 Å².